The number of halogens is 1. The summed E-state index contributed by atoms with van der Waals surface area (Å²) in [7, 11) is 0. The van der Waals surface area contributed by atoms with Gasteiger partial charge in [0, 0.05) is 25.1 Å². The van der Waals surface area contributed by atoms with E-state index in [1.54, 1.807) is 17.1 Å². The smallest absolute Gasteiger partial charge is 0.188 e. The zero-order chi connectivity index (χ0) is 14.2. The van der Waals surface area contributed by atoms with Crippen molar-refractivity contribution in [2.75, 3.05) is 6.54 Å². The van der Waals surface area contributed by atoms with Crippen molar-refractivity contribution in [2.24, 2.45) is 10.7 Å². The van der Waals surface area contributed by atoms with E-state index in [1.165, 1.54) is 0 Å². The molecule has 0 atom stereocenters. The maximum Gasteiger partial charge on any atom is 0.188 e. The van der Waals surface area contributed by atoms with Crippen molar-refractivity contribution in [1.82, 2.24) is 20.1 Å². The van der Waals surface area contributed by atoms with Gasteiger partial charge in [0.1, 0.15) is 0 Å². The first-order valence-electron chi connectivity index (χ1n) is 6.78. The van der Waals surface area contributed by atoms with Gasteiger partial charge in [0.2, 0.25) is 0 Å². The Balaban J connectivity index is 0.00000220. The number of rotatable bonds is 6. The molecule has 2 aromatic rings. The lowest BCUT2D eigenvalue weighted by Crippen LogP contribution is -2.32. The number of unbranched alkanes of at least 4 members (excludes halogenated alkanes) is 1. The summed E-state index contributed by atoms with van der Waals surface area (Å²) in [5, 5.41) is 7.24. The molecule has 0 bridgehead atoms. The zero-order valence-corrected chi connectivity index (χ0v) is 14.4. The van der Waals surface area contributed by atoms with Gasteiger partial charge in [-0.05, 0) is 30.2 Å². The Bertz CT molecular complexity index is 552. The average molecular weight is 400 g/mol. The van der Waals surface area contributed by atoms with Crippen molar-refractivity contribution in [1.29, 1.82) is 0 Å². The predicted octanol–water partition coefficient (Wildman–Crippen LogP) is 2.09. The third-order valence-corrected chi connectivity index (χ3v) is 2.82. The zero-order valence-electron chi connectivity index (χ0n) is 12.1. The normalized spacial score (nSPS) is 11.0. The first kappa shape index (κ1) is 17.4. The minimum absolute atomic E-state index is 0. The Morgan fingerprint density at radius 2 is 2.29 bits per heavy atom. The second-order valence-corrected chi connectivity index (χ2v) is 4.45. The molecule has 21 heavy (non-hydrogen) atoms. The fourth-order valence-electron chi connectivity index (χ4n) is 1.71. The van der Waals surface area contributed by atoms with E-state index in [2.05, 4.69) is 27.3 Å². The van der Waals surface area contributed by atoms with Crippen LogP contribution in [-0.2, 0) is 6.54 Å². The van der Waals surface area contributed by atoms with E-state index in [9.17, 15) is 0 Å². The molecule has 3 N–H and O–H groups in total. The molecule has 0 saturated heterocycles. The molecule has 0 aliphatic rings. The highest BCUT2D eigenvalue weighted by molar-refractivity contribution is 14.0. The number of aromatic nitrogens is 3. The fourth-order valence-corrected chi connectivity index (χ4v) is 1.71. The highest BCUT2D eigenvalue weighted by Crippen LogP contribution is 2.07. The summed E-state index contributed by atoms with van der Waals surface area (Å²) < 4.78 is 1.72. The quantitative estimate of drug-likeness (QED) is 0.337. The van der Waals surface area contributed by atoms with Gasteiger partial charge >= 0.3 is 0 Å². The van der Waals surface area contributed by atoms with Crippen LogP contribution in [-0.4, -0.2) is 27.3 Å². The van der Waals surface area contributed by atoms with Crippen LogP contribution in [0.5, 0.6) is 0 Å². The molecule has 0 spiro atoms. The molecule has 7 heteroatoms. The van der Waals surface area contributed by atoms with Crippen LogP contribution >= 0.6 is 24.0 Å². The molecule has 0 aromatic carbocycles. The summed E-state index contributed by atoms with van der Waals surface area (Å²) in [5.41, 5.74) is 6.85. The minimum atomic E-state index is 0. The van der Waals surface area contributed by atoms with E-state index in [0.717, 1.165) is 30.8 Å². The van der Waals surface area contributed by atoms with E-state index in [1.807, 2.05) is 24.4 Å². The lowest BCUT2D eigenvalue weighted by Gasteiger charge is -2.05. The molecule has 2 rings (SSSR count). The lowest BCUT2D eigenvalue weighted by atomic mass is 10.2. The Morgan fingerprint density at radius 1 is 1.43 bits per heavy atom. The van der Waals surface area contributed by atoms with Crippen LogP contribution in [0, 0.1) is 0 Å². The first-order valence-corrected chi connectivity index (χ1v) is 6.78. The number of aliphatic imine (C=N–C) groups is 1. The summed E-state index contributed by atoms with van der Waals surface area (Å²) >= 11 is 0. The van der Waals surface area contributed by atoms with E-state index >= 15 is 0 Å². The Hall–Kier alpha value is -1.64. The lowest BCUT2D eigenvalue weighted by molar-refractivity contribution is 0.748. The fraction of sp³-hybridized carbons (Fsp3) is 0.357. The molecule has 2 heterocycles. The highest BCUT2D eigenvalue weighted by atomic mass is 127. The first-order chi connectivity index (χ1) is 9.79. The van der Waals surface area contributed by atoms with Crippen molar-refractivity contribution >= 4 is 29.9 Å². The average Bonchev–Trinajstić information content (AvgIpc) is 3.00. The second kappa shape index (κ2) is 9.32. The number of hydrogen-bond donors (Lipinski definition) is 2. The topological polar surface area (TPSA) is 81.1 Å². The van der Waals surface area contributed by atoms with Crippen molar-refractivity contribution in [3.05, 3.63) is 42.4 Å². The molecule has 6 nitrogen and oxygen atoms in total. The molecular formula is C14H21IN6. The SMILES string of the molecule is CCCCNC(N)=NCc1ccnc(-n2cccn2)c1.I. The molecule has 0 amide bonds. The van der Waals surface area contributed by atoms with Gasteiger partial charge in [-0.1, -0.05) is 13.3 Å². The number of nitrogens with two attached hydrogens (primary N) is 1. The van der Waals surface area contributed by atoms with Crippen LogP contribution in [0.1, 0.15) is 25.3 Å². The Morgan fingerprint density at radius 3 is 3.00 bits per heavy atom. The van der Waals surface area contributed by atoms with Gasteiger partial charge in [0.15, 0.2) is 11.8 Å². The molecule has 114 valence electrons. The summed E-state index contributed by atoms with van der Waals surface area (Å²) in [4.78, 5) is 8.59. The van der Waals surface area contributed by atoms with Crippen LogP contribution in [0.25, 0.3) is 5.82 Å². The molecule has 0 aliphatic carbocycles. The largest absolute Gasteiger partial charge is 0.370 e. The number of nitrogens with one attached hydrogen (secondary N) is 1. The van der Waals surface area contributed by atoms with Gasteiger partial charge < -0.3 is 11.1 Å². The van der Waals surface area contributed by atoms with Crippen molar-refractivity contribution in [3.8, 4) is 5.82 Å². The molecular weight excluding hydrogens is 379 g/mol. The van der Waals surface area contributed by atoms with Gasteiger partial charge in [-0.2, -0.15) is 5.10 Å². The van der Waals surface area contributed by atoms with E-state index in [4.69, 9.17) is 5.73 Å². The van der Waals surface area contributed by atoms with Crippen LogP contribution in [0.2, 0.25) is 0 Å². The third kappa shape index (κ3) is 5.70. The van der Waals surface area contributed by atoms with Crippen LogP contribution in [0.15, 0.2) is 41.8 Å². The molecule has 0 saturated carbocycles. The molecule has 0 fully saturated rings. The Kier molecular flexibility index (Phi) is 7.73. The van der Waals surface area contributed by atoms with Gasteiger partial charge in [0.25, 0.3) is 0 Å². The third-order valence-electron chi connectivity index (χ3n) is 2.82. The monoisotopic (exact) mass is 400 g/mol. The summed E-state index contributed by atoms with van der Waals surface area (Å²) in [6.07, 6.45) is 7.56. The summed E-state index contributed by atoms with van der Waals surface area (Å²) in [5.74, 6) is 1.26. The van der Waals surface area contributed by atoms with Gasteiger partial charge in [-0.25, -0.2) is 14.7 Å². The van der Waals surface area contributed by atoms with Gasteiger partial charge in [0.05, 0.1) is 6.54 Å². The van der Waals surface area contributed by atoms with Gasteiger partial charge in [-0.3, -0.25) is 0 Å². The second-order valence-electron chi connectivity index (χ2n) is 4.45. The predicted molar refractivity (Wildman–Crippen MR) is 95.0 cm³/mol. The van der Waals surface area contributed by atoms with Crippen molar-refractivity contribution in [2.45, 2.75) is 26.3 Å². The van der Waals surface area contributed by atoms with Crippen molar-refractivity contribution < 1.29 is 0 Å². The van der Waals surface area contributed by atoms with E-state index in [-0.39, 0.29) is 24.0 Å². The maximum atomic E-state index is 5.80. The maximum absolute atomic E-state index is 5.80. The summed E-state index contributed by atoms with van der Waals surface area (Å²) in [6, 6.07) is 5.74. The number of pyridine rings is 1. The number of guanidine groups is 1. The van der Waals surface area contributed by atoms with E-state index in [0.29, 0.717) is 12.5 Å². The number of hydrogen-bond acceptors (Lipinski definition) is 3. The molecule has 0 unspecified atom stereocenters. The minimum Gasteiger partial charge on any atom is -0.370 e. The highest BCUT2D eigenvalue weighted by Gasteiger charge is 2.00. The molecule has 0 aliphatic heterocycles. The molecule has 0 radical (unpaired) electrons. The number of nitrogens with zero attached hydrogens (tertiary/aromatic N) is 4. The van der Waals surface area contributed by atoms with Crippen LogP contribution in [0.4, 0.5) is 0 Å². The van der Waals surface area contributed by atoms with E-state index < -0.39 is 0 Å². The molecule has 2 aromatic heterocycles. The van der Waals surface area contributed by atoms with Crippen molar-refractivity contribution in [3.63, 3.8) is 0 Å². The summed E-state index contributed by atoms with van der Waals surface area (Å²) in [6.45, 7) is 3.53. The standard InChI is InChI=1S/C14H20N6.HI/c1-2-3-6-17-14(15)18-11-12-5-8-16-13(10-12)20-9-4-7-19-20;/h4-5,7-10H,2-3,6,11H2,1H3,(H3,15,17,18);1H. The Labute approximate surface area is 141 Å². The van der Waals surface area contributed by atoms with Gasteiger partial charge in [-0.15, -0.1) is 24.0 Å². The van der Waals surface area contributed by atoms with Crippen LogP contribution < -0.4 is 11.1 Å². The van der Waals surface area contributed by atoms with Crippen LogP contribution in [0.3, 0.4) is 0 Å².